The van der Waals surface area contributed by atoms with Crippen LogP contribution in [0.1, 0.15) is 25.7 Å². The lowest BCUT2D eigenvalue weighted by Gasteiger charge is -2.37. The van der Waals surface area contributed by atoms with Crippen LogP contribution in [-0.4, -0.2) is 72.2 Å². The molecule has 2 saturated heterocycles. The first-order chi connectivity index (χ1) is 12.2. The second-order valence-corrected chi connectivity index (χ2v) is 7.74. The molecule has 3 fully saturated rings. The van der Waals surface area contributed by atoms with Gasteiger partial charge in [0.25, 0.3) is 0 Å². The first-order valence-corrected chi connectivity index (χ1v) is 9.73. The quantitative estimate of drug-likeness (QED) is 0.894. The molecular weight excluding hydrogens is 338 g/mol. The molecule has 0 atom stereocenters. The number of nitrogens with zero attached hydrogens (tertiary/aromatic N) is 4. The monoisotopic (exact) mass is 363 g/mol. The van der Waals surface area contributed by atoms with Crippen LogP contribution in [0.5, 0.6) is 0 Å². The van der Waals surface area contributed by atoms with Crippen molar-refractivity contribution in [2.75, 3.05) is 44.2 Å². The van der Waals surface area contributed by atoms with Gasteiger partial charge >= 0.3 is 6.03 Å². The van der Waals surface area contributed by atoms with Crippen LogP contribution in [0.15, 0.2) is 18.3 Å². The summed E-state index contributed by atoms with van der Waals surface area (Å²) in [5.74, 6) is 0.928. The van der Waals surface area contributed by atoms with Crippen LogP contribution in [0.25, 0.3) is 0 Å². The minimum atomic E-state index is 0.0913. The van der Waals surface area contributed by atoms with E-state index in [9.17, 15) is 4.79 Å². The number of nitrogens with one attached hydrogen (secondary N) is 1. The number of amides is 2. The fourth-order valence-corrected chi connectivity index (χ4v) is 3.92. The van der Waals surface area contributed by atoms with E-state index in [1.54, 1.807) is 6.20 Å². The van der Waals surface area contributed by atoms with Crippen LogP contribution in [-0.2, 0) is 0 Å². The molecule has 0 unspecified atom stereocenters. The molecule has 25 heavy (non-hydrogen) atoms. The van der Waals surface area contributed by atoms with E-state index in [1.807, 2.05) is 17.0 Å². The van der Waals surface area contributed by atoms with Gasteiger partial charge in [0.15, 0.2) is 0 Å². The zero-order valence-corrected chi connectivity index (χ0v) is 15.3. The number of aromatic nitrogens is 1. The van der Waals surface area contributed by atoms with Gasteiger partial charge in [-0.3, -0.25) is 0 Å². The first-order valence-electron chi connectivity index (χ1n) is 9.35. The number of urea groups is 1. The molecule has 0 aromatic carbocycles. The third-order valence-corrected chi connectivity index (χ3v) is 5.75. The first kappa shape index (κ1) is 16.9. The van der Waals surface area contributed by atoms with Crippen LogP contribution < -0.4 is 10.2 Å². The summed E-state index contributed by atoms with van der Waals surface area (Å²) in [5.41, 5.74) is 0. The highest BCUT2D eigenvalue weighted by Crippen LogP contribution is 2.29. The molecule has 1 N–H and O–H groups in total. The van der Waals surface area contributed by atoms with Crippen molar-refractivity contribution in [1.82, 2.24) is 20.1 Å². The Bertz CT molecular complexity index is 590. The molecule has 1 saturated carbocycles. The maximum atomic E-state index is 12.5. The van der Waals surface area contributed by atoms with Gasteiger partial charge in [0.2, 0.25) is 0 Å². The Morgan fingerprint density at radius 1 is 1.04 bits per heavy atom. The lowest BCUT2D eigenvalue weighted by molar-refractivity contribution is 0.166. The normalized spacial score (nSPS) is 22.9. The molecule has 1 aromatic heterocycles. The topological polar surface area (TPSA) is 51.7 Å². The molecule has 2 aliphatic heterocycles. The van der Waals surface area contributed by atoms with E-state index in [0.717, 1.165) is 64.0 Å². The van der Waals surface area contributed by atoms with E-state index in [1.165, 1.54) is 12.8 Å². The van der Waals surface area contributed by atoms with Crippen LogP contribution in [0, 0.1) is 0 Å². The molecule has 0 spiro atoms. The van der Waals surface area contributed by atoms with Gasteiger partial charge in [-0.25, -0.2) is 9.78 Å². The molecule has 1 aliphatic carbocycles. The van der Waals surface area contributed by atoms with E-state index in [-0.39, 0.29) is 6.03 Å². The number of carbonyl (C=O) groups is 1. The van der Waals surface area contributed by atoms with Crippen LogP contribution in [0.2, 0.25) is 5.02 Å². The Hall–Kier alpha value is -1.53. The number of hydrogen-bond acceptors (Lipinski definition) is 4. The molecule has 3 aliphatic rings. The number of hydrogen-bond donors (Lipinski definition) is 1. The van der Waals surface area contributed by atoms with Gasteiger partial charge in [-0.2, -0.15) is 0 Å². The molecule has 0 bridgehead atoms. The van der Waals surface area contributed by atoms with Gasteiger partial charge in [-0.05, 0) is 37.8 Å². The maximum absolute atomic E-state index is 12.5. The van der Waals surface area contributed by atoms with Crippen molar-refractivity contribution >= 4 is 23.4 Å². The van der Waals surface area contributed by atoms with E-state index < -0.39 is 0 Å². The Labute approximate surface area is 154 Å². The van der Waals surface area contributed by atoms with Crippen molar-refractivity contribution in [3.05, 3.63) is 23.4 Å². The Morgan fingerprint density at radius 3 is 2.36 bits per heavy atom. The second-order valence-electron chi connectivity index (χ2n) is 7.30. The molecule has 7 heteroatoms. The standard InChI is InChI=1S/C18H26ClN5O/c19-14-1-4-17(20-13-14)23-9-11-24(12-10-23)18(25)21-15-5-7-22(8-6-15)16-2-3-16/h1,4,13,15-16H,2-3,5-12H2,(H,21,25). The summed E-state index contributed by atoms with van der Waals surface area (Å²) in [6.07, 6.45) is 6.56. The van der Waals surface area contributed by atoms with Crippen molar-refractivity contribution < 1.29 is 4.79 Å². The Balaban J connectivity index is 1.22. The van der Waals surface area contributed by atoms with Crippen molar-refractivity contribution in [2.45, 2.75) is 37.8 Å². The Morgan fingerprint density at radius 2 is 1.76 bits per heavy atom. The van der Waals surface area contributed by atoms with E-state index in [4.69, 9.17) is 11.6 Å². The highest BCUT2D eigenvalue weighted by atomic mass is 35.5. The highest BCUT2D eigenvalue weighted by Gasteiger charge is 2.32. The molecule has 4 rings (SSSR count). The van der Waals surface area contributed by atoms with Crippen molar-refractivity contribution in [3.63, 3.8) is 0 Å². The van der Waals surface area contributed by atoms with E-state index in [2.05, 4.69) is 20.1 Å². The summed E-state index contributed by atoms with van der Waals surface area (Å²) in [6.45, 7) is 5.34. The number of halogens is 1. The largest absolute Gasteiger partial charge is 0.353 e. The summed E-state index contributed by atoms with van der Waals surface area (Å²) in [7, 11) is 0. The van der Waals surface area contributed by atoms with Gasteiger partial charge in [-0.1, -0.05) is 11.6 Å². The second kappa shape index (κ2) is 7.38. The van der Waals surface area contributed by atoms with Gasteiger partial charge < -0.3 is 20.0 Å². The molecule has 2 amide bonds. The highest BCUT2D eigenvalue weighted by molar-refractivity contribution is 6.30. The maximum Gasteiger partial charge on any atom is 0.317 e. The minimum Gasteiger partial charge on any atom is -0.353 e. The SMILES string of the molecule is O=C(NC1CCN(C2CC2)CC1)N1CCN(c2ccc(Cl)cn2)CC1. The number of rotatable bonds is 3. The fourth-order valence-electron chi connectivity index (χ4n) is 3.81. The molecule has 136 valence electrons. The number of pyridine rings is 1. The summed E-state index contributed by atoms with van der Waals surface area (Å²) >= 11 is 5.89. The number of piperidine rings is 1. The average Bonchev–Trinajstić information content (AvgIpc) is 3.48. The minimum absolute atomic E-state index is 0.0913. The lowest BCUT2D eigenvalue weighted by Crippen LogP contribution is -2.55. The van der Waals surface area contributed by atoms with Crippen LogP contribution in [0.4, 0.5) is 10.6 Å². The zero-order valence-electron chi connectivity index (χ0n) is 14.5. The number of likely N-dealkylation sites (tertiary alicyclic amines) is 1. The van der Waals surface area contributed by atoms with Gasteiger partial charge in [0.1, 0.15) is 5.82 Å². The predicted molar refractivity (Wildman–Crippen MR) is 99.2 cm³/mol. The summed E-state index contributed by atoms with van der Waals surface area (Å²) in [6, 6.07) is 5.06. The summed E-state index contributed by atoms with van der Waals surface area (Å²) in [4.78, 5) is 23.6. The third kappa shape index (κ3) is 4.18. The van der Waals surface area contributed by atoms with Crippen molar-refractivity contribution in [1.29, 1.82) is 0 Å². The zero-order chi connectivity index (χ0) is 17.2. The lowest BCUT2D eigenvalue weighted by atomic mass is 10.1. The Kier molecular flexibility index (Phi) is 4.99. The smallest absolute Gasteiger partial charge is 0.317 e. The predicted octanol–water partition coefficient (Wildman–Crippen LogP) is 2.19. The van der Waals surface area contributed by atoms with Crippen LogP contribution >= 0.6 is 11.6 Å². The number of carbonyl (C=O) groups excluding carboxylic acids is 1. The third-order valence-electron chi connectivity index (χ3n) is 5.52. The molecular formula is C18H26ClN5O. The van der Waals surface area contributed by atoms with Gasteiger partial charge in [0, 0.05) is 57.5 Å². The number of piperazine rings is 1. The van der Waals surface area contributed by atoms with Crippen molar-refractivity contribution in [3.8, 4) is 0 Å². The molecule has 6 nitrogen and oxygen atoms in total. The van der Waals surface area contributed by atoms with E-state index in [0.29, 0.717) is 11.1 Å². The summed E-state index contributed by atoms with van der Waals surface area (Å²) in [5, 5.41) is 3.89. The number of anilines is 1. The van der Waals surface area contributed by atoms with Crippen molar-refractivity contribution in [2.24, 2.45) is 0 Å². The summed E-state index contributed by atoms with van der Waals surface area (Å²) < 4.78 is 0. The molecule has 1 aromatic rings. The van der Waals surface area contributed by atoms with E-state index >= 15 is 0 Å². The fraction of sp³-hybridized carbons (Fsp3) is 0.667. The van der Waals surface area contributed by atoms with Gasteiger partial charge in [-0.15, -0.1) is 0 Å². The molecule has 3 heterocycles. The molecule has 0 radical (unpaired) electrons. The average molecular weight is 364 g/mol. The van der Waals surface area contributed by atoms with Crippen LogP contribution in [0.3, 0.4) is 0 Å². The van der Waals surface area contributed by atoms with Gasteiger partial charge in [0.05, 0.1) is 5.02 Å².